The van der Waals surface area contributed by atoms with Crippen molar-refractivity contribution in [1.82, 2.24) is 0 Å². The van der Waals surface area contributed by atoms with E-state index in [1.165, 1.54) is 22.3 Å². The van der Waals surface area contributed by atoms with Crippen LogP contribution in [0.1, 0.15) is 70.7 Å². The Bertz CT molecular complexity index is 1310. The lowest BCUT2D eigenvalue weighted by Crippen LogP contribution is -2.43. The molecule has 4 heteroatoms. The number of anilines is 2. The fraction of sp³-hybridized carbons (Fsp3) is 0.294. The number of hydrogen-bond acceptors (Lipinski definition) is 4. The molecule has 0 saturated carbocycles. The summed E-state index contributed by atoms with van der Waals surface area (Å²) in [6.45, 7) is 8.56. The van der Waals surface area contributed by atoms with Gasteiger partial charge >= 0.3 is 0 Å². The lowest BCUT2D eigenvalue weighted by molar-refractivity contribution is 0.0787. The van der Waals surface area contributed by atoms with Gasteiger partial charge in [-0.15, -0.1) is 0 Å². The summed E-state index contributed by atoms with van der Waals surface area (Å²) in [4.78, 5) is 28.1. The van der Waals surface area contributed by atoms with Crippen molar-refractivity contribution in [3.8, 4) is 0 Å². The molecule has 0 spiro atoms. The van der Waals surface area contributed by atoms with Crippen molar-refractivity contribution >= 4 is 22.9 Å². The van der Waals surface area contributed by atoms with Crippen molar-refractivity contribution in [1.29, 1.82) is 0 Å². The third-order valence-corrected chi connectivity index (χ3v) is 8.01. The number of para-hydroxylation sites is 2. The van der Waals surface area contributed by atoms with E-state index < -0.39 is 11.8 Å². The lowest BCUT2D eigenvalue weighted by Gasteiger charge is -2.37. The molecule has 4 nitrogen and oxygen atoms in total. The number of aryl methyl sites for hydroxylation is 4. The fourth-order valence-corrected chi connectivity index (χ4v) is 5.91. The standard InChI is InChI=1S/C34H36N2O2/c1-5-21-13-11-14-22(6-2)31(21)35-27-19-20-28(36-32-23(7-3)15-12-16-24(32)8-4)30-29(27)33(37)25-17-9-10-18-26(25)34(30)38/h9-20,29-30,35-36H,5-8H2,1-4H3. The van der Waals surface area contributed by atoms with E-state index in [1.807, 2.05) is 24.3 Å². The molecule has 0 aromatic heterocycles. The third kappa shape index (κ3) is 4.38. The van der Waals surface area contributed by atoms with E-state index >= 15 is 0 Å². The Morgan fingerprint density at radius 1 is 0.526 bits per heavy atom. The first-order valence-electron chi connectivity index (χ1n) is 13.9. The van der Waals surface area contributed by atoms with Crippen molar-refractivity contribution in [2.45, 2.75) is 53.4 Å². The van der Waals surface area contributed by atoms with Crippen LogP contribution in [0.2, 0.25) is 0 Å². The smallest absolute Gasteiger partial charge is 0.173 e. The van der Waals surface area contributed by atoms with Gasteiger partial charge in [0.1, 0.15) is 0 Å². The van der Waals surface area contributed by atoms with Crippen molar-refractivity contribution in [2.75, 3.05) is 10.6 Å². The minimum absolute atomic E-state index is 0.0112. The normalized spacial score (nSPS) is 18.3. The second-order valence-electron chi connectivity index (χ2n) is 10.0. The molecule has 0 aliphatic heterocycles. The molecule has 0 bridgehead atoms. The van der Waals surface area contributed by atoms with Crippen LogP contribution >= 0.6 is 0 Å². The zero-order chi connectivity index (χ0) is 26.8. The number of carbonyl (C=O) groups excluding carboxylic acids is 2. The summed E-state index contributed by atoms with van der Waals surface area (Å²) in [7, 11) is 0. The van der Waals surface area contributed by atoms with Crippen molar-refractivity contribution in [3.05, 3.63) is 118 Å². The van der Waals surface area contributed by atoms with E-state index in [4.69, 9.17) is 0 Å². The molecule has 2 N–H and O–H groups in total. The summed E-state index contributed by atoms with van der Waals surface area (Å²) >= 11 is 0. The van der Waals surface area contributed by atoms with E-state index in [9.17, 15) is 9.59 Å². The molecule has 0 amide bonds. The zero-order valence-corrected chi connectivity index (χ0v) is 22.7. The van der Waals surface area contributed by atoms with Gasteiger partial charge in [0.2, 0.25) is 0 Å². The van der Waals surface area contributed by atoms with Gasteiger partial charge < -0.3 is 10.6 Å². The van der Waals surface area contributed by atoms with Crippen LogP contribution in [-0.4, -0.2) is 11.6 Å². The molecular weight excluding hydrogens is 468 g/mol. The maximum atomic E-state index is 14.1. The summed E-state index contributed by atoms with van der Waals surface area (Å²) in [5, 5.41) is 7.29. The summed E-state index contributed by atoms with van der Waals surface area (Å²) in [5.74, 6) is -1.25. The van der Waals surface area contributed by atoms with Gasteiger partial charge in [-0.2, -0.15) is 0 Å². The molecule has 0 heterocycles. The molecule has 0 saturated heterocycles. The van der Waals surface area contributed by atoms with Crippen molar-refractivity contribution in [2.24, 2.45) is 11.8 Å². The highest BCUT2D eigenvalue weighted by molar-refractivity contribution is 6.18. The molecular formula is C34H36N2O2. The first-order chi connectivity index (χ1) is 18.5. The maximum Gasteiger partial charge on any atom is 0.173 e. The van der Waals surface area contributed by atoms with Gasteiger partial charge in [0.05, 0.1) is 11.8 Å². The average Bonchev–Trinajstić information content (AvgIpc) is 2.96. The number of benzene rings is 3. The van der Waals surface area contributed by atoms with Gasteiger partial charge in [-0.05, 0) is 60.1 Å². The van der Waals surface area contributed by atoms with Crippen LogP contribution in [0.3, 0.4) is 0 Å². The lowest BCUT2D eigenvalue weighted by atomic mass is 9.69. The largest absolute Gasteiger partial charge is 0.358 e. The molecule has 38 heavy (non-hydrogen) atoms. The van der Waals surface area contributed by atoms with Crippen LogP contribution in [-0.2, 0) is 25.7 Å². The van der Waals surface area contributed by atoms with Gasteiger partial charge in [0.15, 0.2) is 11.6 Å². The number of rotatable bonds is 8. The second-order valence-corrected chi connectivity index (χ2v) is 10.0. The molecule has 194 valence electrons. The summed E-state index contributed by atoms with van der Waals surface area (Å²) < 4.78 is 0. The predicted octanol–water partition coefficient (Wildman–Crippen LogP) is 7.55. The third-order valence-electron chi connectivity index (χ3n) is 8.01. The molecule has 2 aliphatic carbocycles. The maximum absolute atomic E-state index is 14.1. The number of allylic oxidation sites excluding steroid dienone is 4. The van der Waals surface area contributed by atoms with Crippen molar-refractivity contribution in [3.63, 3.8) is 0 Å². The minimum atomic E-state index is -0.613. The Hall–Kier alpha value is -3.92. The zero-order valence-electron chi connectivity index (χ0n) is 22.7. The van der Waals surface area contributed by atoms with Crippen LogP contribution in [0.4, 0.5) is 11.4 Å². The first kappa shape index (κ1) is 25.7. The van der Waals surface area contributed by atoms with Crippen LogP contribution < -0.4 is 10.6 Å². The first-order valence-corrected chi connectivity index (χ1v) is 13.9. The predicted molar refractivity (Wildman–Crippen MR) is 156 cm³/mol. The van der Waals surface area contributed by atoms with Crippen LogP contribution in [0.15, 0.2) is 84.2 Å². The monoisotopic (exact) mass is 504 g/mol. The van der Waals surface area contributed by atoms with Gasteiger partial charge in [-0.3, -0.25) is 9.59 Å². The summed E-state index contributed by atoms with van der Waals surface area (Å²) in [6, 6.07) is 19.9. The Kier molecular flexibility index (Phi) is 7.33. The molecule has 2 aliphatic rings. The van der Waals surface area contributed by atoms with Gasteiger partial charge in [0.25, 0.3) is 0 Å². The van der Waals surface area contributed by atoms with E-state index in [1.54, 1.807) is 12.1 Å². The number of nitrogens with one attached hydrogen (secondary N) is 2. The number of carbonyl (C=O) groups is 2. The van der Waals surface area contributed by atoms with Crippen LogP contribution in [0, 0.1) is 11.8 Å². The molecule has 5 rings (SSSR count). The highest BCUT2D eigenvalue weighted by Crippen LogP contribution is 2.43. The van der Waals surface area contributed by atoms with Gasteiger partial charge in [-0.25, -0.2) is 0 Å². The molecule has 3 aromatic carbocycles. The number of ketones is 2. The Balaban J connectivity index is 1.65. The summed E-state index contributed by atoms with van der Waals surface area (Å²) in [6.07, 6.45) is 7.50. The highest BCUT2D eigenvalue weighted by atomic mass is 16.1. The van der Waals surface area contributed by atoms with Crippen LogP contribution in [0.25, 0.3) is 0 Å². The number of fused-ring (bicyclic) bond motifs is 2. The van der Waals surface area contributed by atoms with E-state index in [0.717, 1.165) is 48.5 Å². The Morgan fingerprint density at radius 2 is 0.868 bits per heavy atom. The number of Topliss-reactive ketones (excluding diaryl/α,β-unsaturated/α-hetero) is 2. The topological polar surface area (TPSA) is 58.2 Å². The quantitative estimate of drug-likeness (QED) is 0.332. The second kappa shape index (κ2) is 10.8. The molecule has 2 atom stereocenters. The van der Waals surface area contributed by atoms with E-state index in [0.29, 0.717) is 11.1 Å². The van der Waals surface area contributed by atoms with Crippen molar-refractivity contribution < 1.29 is 9.59 Å². The molecule has 0 radical (unpaired) electrons. The summed E-state index contributed by atoms with van der Waals surface area (Å²) in [5.41, 5.74) is 9.50. The SMILES string of the molecule is CCc1cccc(CC)c1NC1=CC=C(Nc2c(CC)cccc2CC)C2C(=O)c3ccccc3C(=O)C12. The minimum Gasteiger partial charge on any atom is -0.358 e. The highest BCUT2D eigenvalue weighted by Gasteiger charge is 2.46. The fourth-order valence-electron chi connectivity index (χ4n) is 5.91. The molecule has 3 aromatic rings. The number of hydrogen-bond donors (Lipinski definition) is 2. The van der Waals surface area contributed by atoms with Crippen LogP contribution in [0.5, 0.6) is 0 Å². The molecule has 2 unspecified atom stereocenters. The Labute approximate surface area is 225 Å². The Morgan fingerprint density at radius 3 is 1.18 bits per heavy atom. The van der Waals surface area contributed by atoms with E-state index in [-0.39, 0.29) is 11.6 Å². The molecule has 0 fully saturated rings. The van der Waals surface area contributed by atoms with E-state index in [2.05, 4.69) is 74.7 Å². The van der Waals surface area contributed by atoms with Gasteiger partial charge in [-0.1, -0.05) is 88.4 Å². The average molecular weight is 505 g/mol. The van der Waals surface area contributed by atoms with Gasteiger partial charge in [0, 0.05) is 33.9 Å².